The van der Waals surface area contributed by atoms with Gasteiger partial charge in [0.1, 0.15) is 0 Å². The lowest BCUT2D eigenvalue weighted by molar-refractivity contribution is 0.0947. The molecule has 0 saturated carbocycles. The molecule has 0 aliphatic carbocycles. The number of carbonyl (C=O) groups is 1. The molecule has 1 amide bonds. The van der Waals surface area contributed by atoms with Crippen molar-refractivity contribution in [2.75, 3.05) is 6.54 Å². The molecule has 5 nitrogen and oxygen atoms in total. The molecular formula is C16H17F2N3O2. The van der Waals surface area contributed by atoms with Gasteiger partial charge in [-0.05, 0) is 38.5 Å². The molecule has 7 heteroatoms. The second-order valence-electron chi connectivity index (χ2n) is 5.29. The Hall–Kier alpha value is -2.57. The van der Waals surface area contributed by atoms with Gasteiger partial charge < -0.3 is 5.32 Å². The molecule has 0 saturated heterocycles. The number of halogens is 2. The Morgan fingerprint density at radius 3 is 2.57 bits per heavy atom. The van der Waals surface area contributed by atoms with Gasteiger partial charge in [-0.15, -0.1) is 0 Å². The van der Waals surface area contributed by atoms with E-state index in [1.165, 1.54) is 23.6 Å². The maximum atomic E-state index is 13.7. The highest BCUT2D eigenvalue weighted by Crippen LogP contribution is 2.15. The molecule has 1 aromatic heterocycles. The van der Waals surface area contributed by atoms with Crippen LogP contribution in [0.5, 0.6) is 0 Å². The molecule has 1 aromatic carbocycles. The van der Waals surface area contributed by atoms with Crippen LogP contribution in [0.2, 0.25) is 0 Å². The topological polar surface area (TPSA) is 64.0 Å². The van der Waals surface area contributed by atoms with Crippen LogP contribution in [0.15, 0.2) is 23.0 Å². The van der Waals surface area contributed by atoms with Crippen molar-refractivity contribution >= 4 is 5.91 Å². The third-order valence-electron chi connectivity index (χ3n) is 3.49. The van der Waals surface area contributed by atoms with E-state index in [2.05, 4.69) is 10.3 Å². The number of rotatable bonds is 4. The Bertz CT molecular complexity index is 816. The van der Waals surface area contributed by atoms with E-state index in [0.29, 0.717) is 11.4 Å². The summed E-state index contributed by atoms with van der Waals surface area (Å²) in [5.41, 5.74) is 0.685. The average Bonchev–Trinajstić information content (AvgIpc) is 2.47. The highest BCUT2D eigenvalue weighted by atomic mass is 19.2. The molecule has 0 aliphatic heterocycles. The Kier molecular flexibility index (Phi) is 4.88. The van der Waals surface area contributed by atoms with E-state index >= 15 is 0 Å². The van der Waals surface area contributed by atoms with Gasteiger partial charge in [0.05, 0.1) is 5.56 Å². The predicted octanol–water partition coefficient (Wildman–Crippen LogP) is 1.88. The van der Waals surface area contributed by atoms with Crippen molar-refractivity contribution in [3.05, 3.63) is 62.8 Å². The van der Waals surface area contributed by atoms with Crippen molar-refractivity contribution in [1.82, 2.24) is 14.9 Å². The summed E-state index contributed by atoms with van der Waals surface area (Å²) in [4.78, 5) is 27.5. The van der Waals surface area contributed by atoms with Crippen molar-refractivity contribution in [2.45, 2.75) is 27.3 Å². The number of hydrogen-bond donors (Lipinski definition) is 1. The maximum Gasteiger partial charge on any atom is 0.348 e. The van der Waals surface area contributed by atoms with Gasteiger partial charge in [-0.3, -0.25) is 9.36 Å². The summed E-state index contributed by atoms with van der Waals surface area (Å²) in [7, 11) is 0. The SMILES string of the molecule is Cc1cc(C)n(CCNC(=O)c2ccc(C)c(F)c2F)c(=O)n1. The Labute approximate surface area is 132 Å². The van der Waals surface area contributed by atoms with E-state index in [1.807, 2.05) is 0 Å². The molecule has 0 aliphatic rings. The summed E-state index contributed by atoms with van der Waals surface area (Å²) < 4.78 is 28.6. The van der Waals surface area contributed by atoms with Crippen LogP contribution < -0.4 is 11.0 Å². The molecule has 23 heavy (non-hydrogen) atoms. The van der Waals surface area contributed by atoms with Crippen molar-refractivity contribution in [3.8, 4) is 0 Å². The largest absolute Gasteiger partial charge is 0.350 e. The normalized spacial score (nSPS) is 10.7. The molecule has 0 bridgehead atoms. The van der Waals surface area contributed by atoms with Crippen molar-refractivity contribution in [3.63, 3.8) is 0 Å². The lowest BCUT2D eigenvalue weighted by Crippen LogP contribution is -2.33. The summed E-state index contributed by atoms with van der Waals surface area (Å²) in [5.74, 6) is -2.94. The fraction of sp³-hybridized carbons (Fsp3) is 0.312. The van der Waals surface area contributed by atoms with Crippen LogP contribution in [-0.4, -0.2) is 22.0 Å². The Morgan fingerprint density at radius 2 is 1.91 bits per heavy atom. The molecule has 0 fully saturated rings. The molecule has 1 N–H and O–H groups in total. The minimum absolute atomic E-state index is 0.0965. The zero-order chi connectivity index (χ0) is 17.1. The third-order valence-corrected chi connectivity index (χ3v) is 3.49. The number of carbonyl (C=O) groups excluding carboxylic acids is 1. The highest BCUT2D eigenvalue weighted by molar-refractivity contribution is 5.94. The standard InChI is InChI=1S/C16H17F2N3O2/c1-9-4-5-12(14(18)13(9)17)15(22)19-6-7-21-11(3)8-10(2)20-16(21)23/h4-5,8H,6-7H2,1-3H3,(H,19,22). The number of aromatic nitrogens is 2. The van der Waals surface area contributed by atoms with Crippen LogP contribution in [0.1, 0.15) is 27.3 Å². The monoisotopic (exact) mass is 321 g/mol. The van der Waals surface area contributed by atoms with Gasteiger partial charge in [0.2, 0.25) is 0 Å². The van der Waals surface area contributed by atoms with Gasteiger partial charge >= 0.3 is 5.69 Å². The fourth-order valence-corrected chi connectivity index (χ4v) is 2.24. The summed E-state index contributed by atoms with van der Waals surface area (Å²) >= 11 is 0. The van der Waals surface area contributed by atoms with Crippen LogP contribution in [0, 0.1) is 32.4 Å². The van der Waals surface area contributed by atoms with Crippen LogP contribution in [0.25, 0.3) is 0 Å². The first-order valence-corrected chi connectivity index (χ1v) is 7.09. The number of aryl methyl sites for hydroxylation is 3. The maximum absolute atomic E-state index is 13.7. The van der Waals surface area contributed by atoms with E-state index in [-0.39, 0.29) is 24.2 Å². The number of amides is 1. The highest BCUT2D eigenvalue weighted by Gasteiger charge is 2.16. The van der Waals surface area contributed by atoms with Crippen LogP contribution in [0.4, 0.5) is 8.78 Å². The molecule has 0 spiro atoms. The van der Waals surface area contributed by atoms with Crippen LogP contribution in [-0.2, 0) is 6.54 Å². The molecule has 2 rings (SSSR count). The van der Waals surface area contributed by atoms with Gasteiger partial charge in [0.25, 0.3) is 5.91 Å². The molecule has 0 unspecified atom stereocenters. The first-order valence-electron chi connectivity index (χ1n) is 7.09. The fourth-order valence-electron chi connectivity index (χ4n) is 2.24. The molecular weight excluding hydrogens is 304 g/mol. The summed E-state index contributed by atoms with van der Waals surface area (Å²) in [6.45, 7) is 5.18. The van der Waals surface area contributed by atoms with E-state index in [1.54, 1.807) is 19.9 Å². The number of benzene rings is 1. The first kappa shape index (κ1) is 16.8. The zero-order valence-electron chi connectivity index (χ0n) is 13.1. The van der Waals surface area contributed by atoms with E-state index in [0.717, 1.165) is 0 Å². The zero-order valence-corrected chi connectivity index (χ0v) is 13.1. The molecule has 0 radical (unpaired) electrons. The number of nitrogens with zero attached hydrogens (tertiary/aromatic N) is 2. The Morgan fingerprint density at radius 1 is 1.22 bits per heavy atom. The molecule has 0 atom stereocenters. The lowest BCUT2D eigenvalue weighted by Gasteiger charge is -2.11. The van der Waals surface area contributed by atoms with Gasteiger partial charge in [0, 0.05) is 24.5 Å². The number of nitrogens with one attached hydrogen (secondary N) is 1. The minimum Gasteiger partial charge on any atom is -0.350 e. The molecule has 2 aromatic rings. The summed E-state index contributed by atoms with van der Waals surface area (Å²) in [5, 5.41) is 2.47. The predicted molar refractivity (Wildman–Crippen MR) is 81.4 cm³/mol. The average molecular weight is 321 g/mol. The first-order chi connectivity index (χ1) is 10.8. The number of hydrogen-bond acceptors (Lipinski definition) is 3. The third kappa shape index (κ3) is 3.61. The van der Waals surface area contributed by atoms with Crippen LogP contribution in [0.3, 0.4) is 0 Å². The van der Waals surface area contributed by atoms with E-state index < -0.39 is 23.2 Å². The van der Waals surface area contributed by atoms with Gasteiger partial charge in [-0.1, -0.05) is 6.07 Å². The van der Waals surface area contributed by atoms with E-state index in [4.69, 9.17) is 0 Å². The second kappa shape index (κ2) is 6.68. The van der Waals surface area contributed by atoms with E-state index in [9.17, 15) is 18.4 Å². The van der Waals surface area contributed by atoms with Gasteiger partial charge in [0.15, 0.2) is 11.6 Å². The smallest absolute Gasteiger partial charge is 0.348 e. The summed E-state index contributed by atoms with van der Waals surface area (Å²) in [6, 6.07) is 4.32. The quantitative estimate of drug-likeness (QED) is 0.935. The van der Waals surface area contributed by atoms with Crippen molar-refractivity contribution in [1.29, 1.82) is 0 Å². The summed E-state index contributed by atoms with van der Waals surface area (Å²) in [6.07, 6.45) is 0. The lowest BCUT2D eigenvalue weighted by atomic mass is 10.1. The van der Waals surface area contributed by atoms with Gasteiger partial charge in [-0.25, -0.2) is 13.6 Å². The minimum atomic E-state index is -1.17. The van der Waals surface area contributed by atoms with Crippen molar-refractivity contribution < 1.29 is 13.6 Å². The Balaban J connectivity index is 2.07. The van der Waals surface area contributed by atoms with Crippen LogP contribution >= 0.6 is 0 Å². The molecule has 122 valence electrons. The molecule has 1 heterocycles. The second-order valence-corrected chi connectivity index (χ2v) is 5.29. The van der Waals surface area contributed by atoms with Gasteiger partial charge in [-0.2, -0.15) is 4.98 Å². The van der Waals surface area contributed by atoms with Crippen molar-refractivity contribution in [2.24, 2.45) is 0 Å².